The number of aromatic nitrogens is 1. The number of pyridine rings is 1. The number of anilines is 2. The number of rotatable bonds is 11. The third-order valence-corrected chi connectivity index (χ3v) is 9.39. The first-order valence-corrected chi connectivity index (χ1v) is 14.6. The molecular weight excluding hydrogens is 502 g/mol. The molecule has 0 saturated carbocycles. The van der Waals surface area contributed by atoms with Crippen LogP contribution in [0, 0.1) is 26.7 Å². The van der Waals surface area contributed by atoms with Crippen LogP contribution < -0.4 is 15.0 Å². The van der Waals surface area contributed by atoms with Gasteiger partial charge in [-0.25, -0.2) is 17.7 Å². The first-order chi connectivity index (χ1) is 17.9. The van der Waals surface area contributed by atoms with Crippen molar-refractivity contribution in [2.24, 2.45) is 5.92 Å². The topological polar surface area (TPSA) is 95.1 Å². The Kier molecular flexibility index (Phi) is 10.1. The number of carbonyl (C=O) groups is 1. The Labute approximate surface area is 228 Å². The fourth-order valence-corrected chi connectivity index (χ4v) is 6.61. The monoisotopic (exact) mass is 545 g/mol. The number of hydrogen-bond acceptors (Lipinski definition) is 7. The molecule has 1 aromatic heterocycles. The third kappa shape index (κ3) is 7.45. The summed E-state index contributed by atoms with van der Waals surface area (Å²) in [5, 5.41) is 2.87. The fraction of sp³-hybridized carbons (Fsp3) is 0.571. The molecule has 1 fully saturated rings. The van der Waals surface area contributed by atoms with Crippen molar-refractivity contribution in [1.29, 1.82) is 0 Å². The number of aryl methyl sites for hydroxylation is 3. The number of sulfonamides is 1. The number of hydrogen-bond donors (Lipinski definition) is 1. The van der Waals surface area contributed by atoms with Crippen molar-refractivity contribution in [2.75, 3.05) is 64.6 Å². The molecule has 9 nitrogen and oxygen atoms in total. The summed E-state index contributed by atoms with van der Waals surface area (Å²) >= 11 is 0. The molecule has 2 aromatic rings. The highest BCUT2D eigenvalue weighted by Crippen LogP contribution is 2.29. The number of piperidine rings is 1. The molecule has 10 heteroatoms. The highest BCUT2D eigenvalue weighted by atomic mass is 32.2. The number of methoxy groups -OCH3 is 1. The van der Waals surface area contributed by atoms with Crippen molar-refractivity contribution in [1.82, 2.24) is 14.2 Å². The van der Waals surface area contributed by atoms with Gasteiger partial charge in [-0.3, -0.25) is 4.79 Å². The number of ether oxygens (including phenoxy) is 1. The van der Waals surface area contributed by atoms with E-state index in [2.05, 4.69) is 34.2 Å². The number of carbonyl (C=O) groups excluding carboxylic acids is 1. The third-order valence-electron chi connectivity index (χ3n) is 7.22. The number of nitrogens with one attached hydrogen (secondary N) is 1. The van der Waals surface area contributed by atoms with Gasteiger partial charge in [0.05, 0.1) is 23.9 Å². The molecule has 210 valence electrons. The van der Waals surface area contributed by atoms with E-state index in [1.54, 1.807) is 39.3 Å². The Morgan fingerprint density at radius 3 is 2.24 bits per heavy atom. The van der Waals surface area contributed by atoms with E-state index in [-0.39, 0.29) is 23.8 Å². The Bertz CT molecular complexity index is 1200. The largest absolute Gasteiger partial charge is 0.497 e. The minimum Gasteiger partial charge on any atom is -0.497 e. The molecule has 0 unspecified atom stereocenters. The minimum absolute atomic E-state index is 0.0330. The van der Waals surface area contributed by atoms with Crippen LogP contribution >= 0.6 is 0 Å². The van der Waals surface area contributed by atoms with E-state index in [1.165, 1.54) is 30.6 Å². The predicted molar refractivity (Wildman–Crippen MR) is 153 cm³/mol. The van der Waals surface area contributed by atoms with Gasteiger partial charge in [0, 0.05) is 33.1 Å². The van der Waals surface area contributed by atoms with Gasteiger partial charge in [0.1, 0.15) is 11.6 Å². The molecule has 1 saturated heterocycles. The van der Waals surface area contributed by atoms with Crippen molar-refractivity contribution in [3.05, 3.63) is 41.1 Å². The zero-order valence-corrected chi connectivity index (χ0v) is 24.7. The Balaban J connectivity index is 1.55. The molecule has 1 aromatic carbocycles. The van der Waals surface area contributed by atoms with E-state index in [0.717, 1.165) is 36.9 Å². The lowest BCUT2D eigenvalue weighted by Crippen LogP contribution is -2.35. The average Bonchev–Trinajstić information content (AvgIpc) is 2.85. The second kappa shape index (κ2) is 12.9. The molecular formula is C28H43N5O4S. The maximum absolute atomic E-state index is 13.2. The van der Waals surface area contributed by atoms with Crippen LogP contribution in [0.3, 0.4) is 0 Å². The summed E-state index contributed by atoms with van der Waals surface area (Å²) in [6, 6.07) is 5.34. The molecule has 1 aliphatic heterocycles. The Hall–Kier alpha value is -2.69. The standard InChI is InChI=1S/C28H43N5O4S/c1-20-17-25(37-7)18-21(2)27(20)38(35,36)32(6)13-11-26(34)30-24-16-22(3)28(29-19-24)33-14-9-23(10-15-33)8-12-31(4)5/h16-19,23H,8-15H2,1-7H3,(H,30,34). The minimum atomic E-state index is -3.75. The van der Waals surface area contributed by atoms with Crippen molar-refractivity contribution in [2.45, 2.75) is 51.3 Å². The molecule has 1 N–H and O–H groups in total. The number of nitrogens with zero attached hydrogens (tertiary/aromatic N) is 4. The molecule has 1 amide bonds. The van der Waals surface area contributed by atoms with E-state index in [4.69, 9.17) is 4.74 Å². The van der Waals surface area contributed by atoms with Gasteiger partial charge < -0.3 is 19.9 Å². The predicted octanol–water partition coefficient (Wildman–Crippen LogP) is 3.83. The molecule has 1 aliphatic rings. The maximum atomic E-state index is 13.2. The van der Waals surface area contributed by atoms with E-state index in [0.29, 0.717) is 22.6 Å². The molecule has 0 bridgehead atoms. The molecule has 0 radical (unpaired) electrons. The van der Waals surface area contributed by atoms with Gasteiger partial charge in [0.15, 0.2) is 0 Å². The molecule has 2 heterocycles. The quantitative estimate of drug-likeness (QED) is 0.459. The maximum Gasteiger partial charge on any atom is 0.243 e. The summed E-state index contributed by atoms with van der Waals surface area (Å²) in [7, 11) is 3.53. The summed E-state index contributed by atoms with van der Waals surface area (Å²) < 4.78 is 32.9. The molecule has 0 atom stereocenters. The van der Waals surface area contributed by atoms with Crippen LogP contribution in [0.4, 0.5) is 11.5 Å². The van der Waals surface area contributed by atoms with E-state index in [1.807, 2.05) is 13.0 Å². The summed E-state index contributed by atoms with van der Waals surface area (Å²) in [6.07, 6.45) is 5.28. The number of amides is 1. The van der Waals surface area contributed by atoms with Crippen LogP contribution in [0.15, 0.2) is 29.3 Å². The lowest BCUT2D eigenvalue weighted by atomic mass is 9.93. The summed E-state index contributed by atoms with van der Waals surface area (Å²) in [5.74, 6) is 2.07. The van der Waals surface area contributed by atoms with Gasteiger partial charge in [0.25, 0.3) is 0 Å². The van der Waals surface area contributed by atoms with Gasteiger partial charge in [-0.1, -0.05) is 0 Å². The van der Waals surface area contributed by atoms with E-state index >= 15 is 0 Å². The highest BCUT2D eigenvalue weighted by molar-refractivity contribution is 7.89. The second-order valence-electron chi connectivity index (χ2n) is 10.6. The average molecular weight is 546 g/mol. The van der Waals surface area contributed by atoms with Crippen molar-refractivity contribution in [3.63, 3.8) is 0 Å². The van der Waals surface area contributed by atoms with Crippen LogP contribution in [-0.2, 0) is 14.8 Å². The molecule has 38 heavy (non-hydrogen) atoms. The first-order valence-electron chi connectivity index (χ1n) is 13.2. The summed E-state index contributed by atoms with van der Waals surface area (Å²) in [5.41, 5.74) is 2.85. The molecule has 3 rings (SSSR count). The smallest absolute Gasteiger partial charge is 0.243 e. The van der Waals surface area contributed by atoms with E-state index < -0.39 is 10.0 Å². The van der Waals surface area contributed by atoms with Crippen LogP contribution in [0.25, 0.3) is 0 Å². The number of benzene rings is 1. The van der Waals surface area contributed by atoms with Crippen LogP contribution in [0.1, 0.15) is 42.4 Å². The van der Waals surface area contributed by atoms with Gasteiger partial charge in [-0.15, -0.1) is 0 Å². The molecule has 0 aliphatic carbocycles. The fourth-order valence-electron chi connectivity index (χ4n) is 5.03. The van der Waals surface area contributed by atoms with E-state index in [9.17, 15) is 13.2 Å². The van der Waals surface area contributed by atoms with Gasteiger partial charge in [-0.05, 0) is 101 Å². The Morgan fingerprint density at radius 1 is 1.05 bits per heavy atom. The normalized spacial score (nSPS) is 14.8. The van der Waals surface area contributed by atoms with Crippen molar-refractivity contribution >= 4 is 27.4 Å². The second-order valence-corrected chi connectivity index (χ2v) is 12.6. The SMILES string of the molecule is COc1cc(C)c(S(=O)(=O)N(C)CCC(=O)Nc2cnc(N3CCC(CCN(C)C)CC3)c(C)c2)c(C)c1. The summed E-state index contributed by atoms with van der Waals surface area (Å²) in [6.45, 7) is 8.67. The lowest BCUT2D eigenvalue weighted by molar-refractivity contribution is -0.116. The summed E-state index contributed by atoms with van der Waals surface area (Å²) in [4.78, 5) is 22.1. The van der Waals surface area contributed by atoms with Gasteiger partial charge in [-0.2, -0.15) is 0 Å². The van der Waals surface area contributed by atoms with Gasteiger partial charge >= 0.3 is 0 Å². The van der Waals surface area contributed by atoms with Crippen molar-refractivity contribution < 1.29 is 17.9 Å². The molecule has 0 spiro atoms. The van der Waals surface area contributed by atoms with Crippen LogP contribution in [-0.4, -0.2) is 82.9 Å². The highest BCUT2D eigenvalue weighted by Gasteiger charge is 2.26. The van der Waals surface area contributed by atoms with Gasteiger partial charge in [0.2, 0.25) is 15.9 Å². The first kappa shape index (κ1) is 29.9. The lowest BCUT2D eigenvalue weighted by Gasteiger charge is -2.34. The Morgan fingerprint density at radius 2 is 1.68 bits per heavy atom. The zero-order chi connectivity index (χ0) is 28.0. The van der Waals surface area contributed by atoms with Crippen LogP contribution in [0.5, 0.6) is 5.75 Å². The van der Waals surface area contributed by atoms with Crippen molar-refractivity contribution in [3.8, 4) is 5.75 Å². The zero-order valence-electron chi connectivity index (χ0n) is 23.9. The van der Waals surface area contributed by atoms with Crippen LogP contribution in [0.2, 0.25) is 0 Å².